The lowest BCUT2D eigenvalue weighted by Gasteiger charge is -2.56. The quantitative estimate of drug-likeness (QED) is 0.857. The van der Waals surface area contributed by atoms with Crippen molar-refractivity contribution < 1.29 is 0 Å². The number of rotatable bonds is 2. The molecule has 0 radical (unpaired) electrons. The van der Waals surface area contributed by atoms with Gasteiger partial charge in [0.2, 0.25) is 0 Å². The molecule has 5 aliphatic rings. The zero-order chi connectivity index (χ0) is 14.0. The molecule has 0 aromatic carbocycles. The summed E-state index contributed by atoms with van der Waals surface area (Å²) in [5.41, 5.74) is 3.37. The average Bonchev–Trinajstić information content (AvgIpc) is 2.89. The summed E-state index contributed by atoms with van der Waals surface area (Å²) in [5.74, 6) is 5.34. The lowest BCUT2D eigenvalue weighted by atomic mass is 9.49. The maximum absolute atomic E-state index is 5.15. The van der Waals surface area contributed by atoms with Gasteiger partial charge in [-0.05, 0) is 81.5 Å². The van der Waals surface area contributed by atoms with Gasteiger partial charge in [0.05, 0.1) is 5.69 Å². The minimum atomic E-state index is 0.452. The van der Waals surface area contributed by atoms with E-state index in [1.807, 2.05) is 0 Å². The number of nitrogens with zero attached hydrogens (tertiary/aromatic N) is 1. The van der Waals surface area contributed by atoms with Crippen LogP contribution in [0.3, 0.4) is 0 Å². The molecule has 1 aromatic rings. The third-order valence-corrected chi connectivity index (χ3v) is 7.26. The number of nitrogens with one attached hydrogen (secondary N) is 1. The van der Waals surface area contributed by atoms with Crippen LogP contribution >= 0.6 is 0 Å². The second-order valence-electron chi connectivity index (χ2n) is 8.73. The van der Waals surface area contributed by atoms with Gasteiger partial charge in [0.15, 0.2) is 0 Å². The second-order valence-corrected chi connectivity index (χ2v) is 8.73. The van der Waals surface area contributed by atoms with Gasteiger partial charge in [-0.3, -0.25) is 0 Å². The largest absolute Gasteiger partial charge is 0.345 e. The molecule has 5 aliphatic carbocycles. The van der Waals surface area contributed by atoms with Gasteiger partial charge < -0.3 is 4.98 Å². The molecule has 1 N–H and O–H groups in total. The first-order chi connectivity index (χ1) is 10.2. The van der Waals surface area contributed by atoms with Crippen LogP contribution in [0, 0.1) is 23.7 Å². The summed E-state index contributed by atoms with van der Waals surface area (Å²) in [6.07, 6.45) is 14.0. The van der Waals surface area contributed by atoms with E-state index in [1.165, 1.54) is 81.4 Å². The Hall–Kier alpha value is -0.790. The van der Waals surface area contributed by atoms with Crippen LogP contribution in [0.25, 0.3) is 0 Å². The van der Waals surface area contributed by atoms with Crippen molar-refractivity contribution in [2.45, 2.75) is 76.5 Å². The van der Waals surface area contributed by atoms with Gasteiger partial charge in [0, 0.05) is 11.1 Å². The van der Waals surface area contributed by atoms with Crippen molar-refractivity contribution in [3.63, 3.8) is 0 Å². The van der Waals surface area contributed by atoms with Crippen molar-refractivity contribution in [3.8, 4) is 0 Å². The van der Waals surface area contributed by atoms with E-state index in [-0.39, 0.29) is 0 Å². The summed E-state index contributed by atoms with van der Waals surface area (Å²) in [6.45, 7) is 2.34. The number of aryl methyl sites for hydroxylation is 1. The Morgan fingerprint density at radius 2 is 1.76 bits per heavy atom. The fourth-order valence-electron chi connectivity index (χ4n) is 6.55. The molecule has 4 fully saturated rings. The number of fused-ring (bicyclic) bond motifs is 1. The summed E-state index contributed by atoms with van der Waals surface area (Å²) in [7, 11) is 0. The maximum atomic E-state index is 5.15. The van der Waals surface area contributed by atoms with Crippen LogP contribution in [0.2, 0.25) is 0 Å². The molecule has 21 heavy (non-hydrogen) atoms. The molecule has 0 aliphatic heterocycles. The van der Waals surface area contributed by atoms with E-state index in [0.717, 1.165) is 23.7 Å². The van der Waals surface area contributed by atoms with E-state index in [2.05, 4.69) is 11.9 Å². The Kier molecular flexibility index (Phi) is 2.64. The molecule has 6 rings (SSSR count). The highest BCUT2D eigenvalue weighted by Gasteiger charge is 2.53. The molecule has 0 saturated heterocycles. The minimum Gasteiger partial charge on any atom is -0.345 e. The Morgan fingerprint density at radius 1 is 1.10 bits per heavy atom. The monoisotopic (exact) mass is 284 g/mol. The van der Waals surface area contributed by atoms with Gasteiger partial charge in [-0.15, -0.1) is 0 Å². The fourth-order valence-corrected chi connectivity index (χ4v) is 6.55. The van der Waals surface area contributed by atoms with Crippen molar-refractivity contribution in [2.75, 3.05) is 0 Å². The van der Waals surface area contributed by atoms with Crippen LogP contribution in [0.1, 0.15) is 75.5 Å². The van der Waals surface area contributed by atoms with Gasteiger partial charge in [-0.1, -0.05) is 13.3 Å². The summed E-state index contributed by atoms with van der Waals surface area (Å²) in [6, 6.07) is 0. The Balaban J connectivity index is 1.49. The number of aromatic amines is 1. The van der Waals surface area contributed by atoms with Crippen molar-refractivity contribution in [1.82, 2.24) is 9.97 Å². The predicted molar refractivity (Wildman–Crippen MR) is 84.2 cm³/mol. The highest BCUT2D eigenvalue weighted by atomic mass is 15.0. The number of imidazole rings is 1. The zero-order valence-corrected chi connectivity index (χ0v) is 13.3. The van der Waals surface area contributed by atoms with Crippen molar-refractivity contribution in [1.29, 1.82) is 0 Å². The molecule has 0 amide bonds. The summed E-state index contributed by atoms with van der Waals surface area (Å²) in [5, 5.41) is 0. The predicted octanol–water partition coefficient (Wildman–Crippen LogP) is 4.39. The molecule has 2 heteroatoms. The molecule has 114 valence electrons. The Bertz CT molecular complexity index is 521. The second kappa shape index (κ2) is 4.36. The smallest absolute Gasteiger partial charge is 0.112 e. The Labute approximate surface area is 128 Å². The maximum Gasteiger partial charge on any atom is 0.112 e. The van der Waals surface area contributed by atoms with E-state index in [1.54, 1.807) is 0 Å². The van der Waals surface area contributed by atoms with Crippen LogP contribution < -0.4 is 0 Å². The molecule has 0 spiro atoms. The number of hydrogen-bond donors (Lipinski definition) is 1. The first-order valence-corrected chi connectivity index (χ1v) is 9.32. The standard InChI is InChI=1S/C19H28N2/c1-2-12-3-4-16-17(8-12)21-18(20-16)19-9-13-5-14(10-19)7-15(6-13)11-19/h12-15H,2-11H2,1H3,(H,20,21). The van der Waals surface area contributed by atoms with Crippen molar-refractivity contribution >= 4 is 0 Å². The molecule has 1 unspecified atom stereocenters. The average molecular weight is 284 g/mol. The summed E-state index contributed by atoms with van der Waals surface area (Å²) < 4.78 is 0. The molecule has 4 saturated carbocycles. The van der Waals surface area contributed by atoms with Gasteiger partial charge >= 0.3 is 0 Å². The third-order valence-electron chi connectivity index (χ3n) is 7.26. The van der Waals surface area contributed by atoms with E-state index >= 15 is 0 Å². The highest BCUT2D eigenvalue weighted by Crippen LogP contribution is 2.60. The number of H-pyrrole nitrogens is 1. The van der Waals surface area contributed by atoms with E-state index < -0.39 is 0 Å². The molecule has 1 heterocycles. The van der Waals surface area contributed by atoms with E-state index in [4.69, 9.17) is 4.98 Å². The molecular weight excluding hydrogens is 256 g/mol. The third kappa shape index (κ3) is 1.87. The van der Waals surface area contributed by atoms with E-state index in [9.17, 15) is 0 Å². The van der Waals surface area contributed by atoms with Gasteiger partial charge in [-0.2, -0.15) is 0 Å². The fraction of sp³-hybridized carbons (Fsp3) is 0.842. The molecule has 1 atom stereocenters. The zero-order valence-electron chi connectivity index (χ0n) is 13.3. The molecule has 4 bridgehead atoms. The van der Waals surface area contributed by atoms with Crippen molar-refractivity contribution in [3.05, 3.63) is 17.2 Å². The van der Waals surface area contributed by atoms with Crippen LogP contribution in [0.15, 0.2) is 0 Å². The number of hydrogen-bond acceptors (Lipinski definition) is 1. The van der Waals surface area contributed by atoms with Crippen LogP contribution in [0.4, 0.5) is 0 Å². The lowest BCUT2D eigenvalue weighted by Crippen LogP contribution is -2.49. The summed E-state index contributed by atoms with van der Waals surface area (Å²) >= 11 is 0. The Morgan fingerprint density at radius 3 is 2.38 bits per heavy atom. The highest BCUT2D eigenvalue weighted by molar-refractivity contribution is 5.25. The van der Waals surface area contributed by atoms with Gasteiger partial charge in [-0.25, -0.2) is 4.98 Å². The topological polar surface area (TPSA) is 28.7 Å². The first-order valence-electron chi connectivity index (χ1n) is 9.32. The normalized spacial score (nSPS) is 44.0. The molecular formula is C19H28N2. The van der Waals surface area contributed by atoms with E-state index in [0.29, 0.717) is 5.41 Å². The summed E-state index contributed by atoms with van der Waals surface area (Å²) in [4.78, 5) is 9.00. The SMILES string of the molecule is CCC1CCc2nc(C34CC5CC(CC(C5)C3)C4)[nH]c2C1. The molecule has 2 nitrogen and oxygen atoms in total. The minimum absolute atomic E-state index is 0.452. The number of aromatic nitrogens is 2. The van der Waals surface area contributed by atoms with Crippen molar-refractivity contribution in [2.24, 2.45) is 23.7 Å². The lowest BCUT2D eigenvalue weighted by molar-refractivity contribution is -0.00908. The van der Waals surface area contributed by atoms with Crippen LogP contribution in [-0.2, 0) is 18.3 Å². The van der Waals surface area contributed by atoms with Gasteiger partial charge in [0.1, 0.15) is 5.82 Å². The first kappa shape index (κ1) is 12.7. The van der Waals surface area contributed by atoms with Crippen LogP contribution in [-0.4, -0.2) is 9.97 Å². The van der Waals surface area contributed by atoms with Crippen LogP contribution in [0.5, 0.6) is 0 Å². The van der Waals surface area contributed by atoms with Gasteiger partial charge in [0.25, 0.3) is 0 Å². The molecule has 1 aromatic heterocycles.